The van der Waals surface area contributed by atoms with Crippen molar-refractivity contribution in [2.24, 2.45) is 0 Å². The van der Waals surface area contributed by atoms with Crippen LogP contribution in [-0.4, -0.2) is 63.5 Å². The van der Waals surface area contributed by atoms with Gasteiger partial charge in [-0.1, -0.05) is 6.07 Å². The Balaban J connectivity index is 1.35. The summed E-state index contributed by atoms with van der Waals surface area (Å²) in [4.78, 5) is 24.9. The Morgan fingerprint density at radius 2 is 1.87 bits per heavy atom. The summed E-state index contributed by atoms with van der Waals surface area (Å²) in [6.07, 6.45) is 3.33. The number of nitrogens with zero attached hydrogens (tertiary/aromatic N) is 6. The molecule has 31 heavy (non-hydrogen) atoms. The minimum absolute atomic E-state index is 0.00967. The number of aryl methyl sites for hydroxylation is 1. The normalized spacial score (nSPS) is 14.1. The second-order valence-electron chi connectivity index (χ2n) is 6.95. The van der Waals surface area contributed by atoms with Gasteiger partial charge in [-0.25, -0.2) is 19.4 Å². The van der Waals surface area contributed by atoms with Crippen molar-refractivity contribution < 1.29 is 18.3 Å². The molecule has 4 rings (SSSR count). The second kappa shape index (κ2) is 8.94. The van der Waals surface area contributed by atoms with Crippen molar-refractivity contribution >= 4 is 17.5 Å². The molecule has 0 spiro atoms. The Labute approximate surface area is 177 Å². The highest BCUT2D eigenvalue weighted by Gasteiger charge is 2.22. The molecule has 1 saturated heterocycles. The molecule has 3 heterocycles. The van der Waals surface area contributed by atoms with Crippen molar-refractivity contribution in [2.45, 2.75) is 13.5 Å². The molecule has 9 nitrogen and oxygen atoms in total. The van der Waals surface area contributed by atoms with Crippen molar-refractivity contribution in [2.75, 3.05) is 36.4 Å². The highest BCUT2D eigenvalue weighted by atomic mass is 19.3. The number of urea groups is 1. The van der Waals surface area contributed by atoms with E-state index in [0.29, 0.717) is 37.7 Å². The molecule has 0 radical (unpaired) electrons. The fourth-order valence-corrected chi connectivity index (χ4v) is 3.27. The number of benzene rings is 1. The molecule has 0 saturated carbocycles. The highest BCUT2D eigenvalue weighted by Crippen LogP contribution is 2.20. The molecule has 0 unspecified atom stereocenters. The van der Waals surface area contributed by atoms with Crippen LogP contribution in [0.15, 0.2) is 48.9 Å². The fourth-order valence-electron chi connectivity index (χ4n) is 3.27. The van der Waals surface area contributed by atoms with Gasteiger partial charge in [-0.15, -0.1) is 0 Å². The third-order valence-electron chi connectivity index (χ3n) is 4.80. The Bertz CT molecular complexity index is 1050. The number of anilines is 2. The quantitative estimate of drug-likeness (QED) is 0.671. The molecule has 3 aromatic rings. The van der Waals surface area contributed by atoms with Gasteiger partial charge in [-0.05, 0) is 25.1 Å². The van der Waals surface area contributed by atoms with Crippen LogP contribution < -0.4 is 15.0 Å². The van der Waals surface area contributed by atoms with E-state index in [4.69, 9.17) is 0 Å². The molecule has 1 aromatic carbocycles. The molecular weight excluding hydrogens is 408 g/mol. The third kappa shape index (κ3) is 5.05. The van der Waals surface area contributed by atoms with E-state index in [0.717, 1.165) is 11.5 Å². The molecule has 162 valence electrons. The van der Waals surface area contributed by atoms with Gasteiger partial charge in [0.25, 0.3) is 0 Å². The number of hydrogen-bond acceptors (Lipinski definition) is 6. The number of nitrogens with one attached hydrogen (secondary N) is 1. The minimum Gasteiger partial charge on any atom is -0.435 e. The lowest BCUT2D eigenvalue weighted by Crippen LogP contribution is -2.50. The zero-order chi connectivity index (χ0) is 21.8. The average molecular weight is 429 g/mol. The Morgan fingerprint density at radius 3 is 2.58 bits per heavy atom. The topological polar surface area (TPSA) is 88.4 Å². The van der Waals surface area contributed by atoms with Gasteiger partial charge in [0.1, 0.15) is 17.9 Å². The Kier molecular flexibility index (Phi) is 5.92. The van der Waals surface area contributed by atoms with Crippen LogP contribution in [0.3, 0.4) is 0 Å². The van der Waals surface area contributed by atoms with E-state index >= 15 is 0 Å². The first kappa shape index (κ1) is 20.5. The van der Waals surface area contributed by atoms with Gasteiger partial charge in [0.2, 0.25) is 0 Å². The SMILES string of the molecule is Cc1ccn(-c2cc(N3CCN(C(=O)Nc4cccc(OC(F)F)c4)CC3)ncn2)n1. The van der Waals surface area contributed by atoms with E-state index in [-0.39, 0.29) is 11.8 Å². The monoisotopic (exact) mass is 429 g/mol. The van der Waals surface area contributed by atoms with Crippen molar-refractivity contribution in [1.29, 1.82) is 0 Å². The van der Waals surface area contributed by atoms with Crippen molar-refractivity contribution in [1.82, 2.24) is 24.6 Å². The summed E-state index contributed by atoms with van der Waals surface area (Å²) in [6.45, 7) is 1.15. The number of carbonyl (C=O) groups excluding carboxylic acids is 1. The molecular formula is C20H21F2N7O2. The first-order valence-electron chi connectivity index (χ1n) is 9.68. The second-order valence-corrected chi connectivity index (χ2v) is 6.95. The Morgan fingerprint density at radius 1 is 1.10 bits per heavy atom. The Hall–Kier alpha value is -3.76. The number of carbonyl (C=O) groups is 1. The lowest BCUT2D eigenvalue weighted by Gasteiger charge is -2.35. The molecule has 1 aliphatic heterocycles. The van der Waals surface area contributed by atoms with Crippen molar-refractivity contribution in [3.05, 3.63) is 54.6 Å². The zero-order valence-corrected chi connectivity index (χ0v) is 16.8. The molecule has 1 N–H and O–H groups in total. The van der Waals surface area contributed by atoms with E-state index < -0.39 is 6.61 Å². The largest absolute Gasteiger partial charge is 0.435 e. The lowest BCUT2D eigenvalue weighted by molar-refractivity contribution is -0.0498. The van der Waals surface area contributed by atoms with Gasteiger partial charge < -0.3 is 19.9 Å². The van der Waals surface area contributed by atoms with Crippen LogP contribution in [0.5, 0.6) is 5.75 Å². The molecule has 0 bridgehead atoms. The number of aromatic nitrogens is 4. The van der Waals surface area contributed by atoms with Crippen LogP contribution in [0, 0.1) is 6.92 Å². The van der Waals surface area contributed by atoms with Gasteiger partial charge >= 0.3 is 12.6 Å². The predicted molar refractivity (Wildman–Crippen MR) is 110 cm³/mol. The third-order valence-corrected chi connectivity index (χ3v) is 4.80. The predicted octanol–water partition coefficient (Wildman–Crippen LogP) is 2.93. The van der Waals surface area contributed by atoms with E-state index in [9.17, 15) is 13.6 Å². The summed E-state index contributed by atoms with van der Waals surface area (Å²) in [5, 5.41) is 7.08. The van der Waals surface area contributed by atoms with Gasteiger partial charge in [0, 0.05) is 50.2 Å². The van der Waals surface area contributed by atoms with Gasteiger partial charge in [-0.3, -0.25) is 0 Å². The van der Waals surface area contributed by atoms with Crippen LogP contribution in [0.1, 0.15) is 5.69 Å². The van der Waals surface area contributed by atoms with Crippen LogP contribution in [0.4, 0.5) is 25.1 Å². The molecule has 1 fully saturated rings. The van der Waals surface area contributed by atoms with E-state index in [1.807, 2.05) is 25.3 Å². The van der Waals surface area contributed by atoms with E-state index in [1.165, 1.54) is 18.5 Å². The lowest BCUT2D eigenvalue weighted by atomic mass is 10.3. The standard InChI is InChI=1S/C20H21F2N7O2/c1-14-5-6-29(26-14)18-12-17(23-13-24-18)27-7-9-28(10-8-27)20(30)25-15-3-2-4-16(11-15)31-19(21)22/h2-6,11-13,19H,7-10H2,1H3,(H,25,30). The van der Waals surface area contributed by atoms with Crippen molar-refractivity contribution in [3.63, 3.8) is 0 Å². The number of alkyl halides is 2. The van der Waals surface area contributed by atoms with Crippen LogP contribution in [0.2, 0.25) is 0 Å². The number of hydrogen-bond donors (Lipinski definition) is 1. The summed E-state index contributed by atoms with van der Waals surface area (Å²) in [7, 11) is 0. The summed E-state index contributed by atoms with van der Waals surface area (Å²) < 4.78 is 30.8. The van der Waals surface area contributed by atoms with Gasteiger partial charge in [0.05, 0.1) is 5.69 Å². The number of rotatable bonds is 5. The first-order valence-corrected chi connectivity index (χ1v) is 9.68. The van der Waals surface area contributed by atoms with E-state index in [2.05, 4.69) is 30.0 Å². The van der Waals surface area contributed by atoms with Gasteiger partial charge in [0.15, 0.2) is 5.82 Å². The molecule has 2 amide bonds. The fraction of sp³-hybridized carbons (Fsp3) is 0.300. The zero-order valence-electron chi connectivity index (χ0n) is 16.8. The maximum Gasteiger partial charge on any atom is 0.387 e. The summed E-state index contributed by atoms with van der Waals surface area (Å²) in [5.74, 6) is 1.42. The molecule has 2 aromatic heterocycles. The number of amides is 2. The van der Waals surface area contributed by atoms with Crippen LogP contribution >= 0.6 is 0 Å². The summed E-state index contributed by atoms with van der Waals surface area (Å²) in [6, 6.07) is 9.38. The molecule has 1 aliphatic rings. The van der Waals surface area contributed by atoms with Crippen LogP contribution in [0.25, 0.3) is 5.82 Å². The van der Waals surface area contributed by atoms with E-state index in [1.54, 1.807) is 21.7 Å². The highest BCUT2D eigenvalue weighted by molar-refractivity contribution is 5.89. The molecule has 0 aliphatic carbocycles. The number of halogens is 2. The molecule has 0 atom stereocenters. The summed E-state index contributed by atoms with van der Waals surface area (Å²) >= 11 is 0. The maximum atomic E-state index is 12.6. The first-order chi connectivity index (χ1) is 15.0. The maximum absolute atomic E-state index is 12.6. The number of piperazine rings is 1. The molecule has 11 heteroatoms. The number of ether oxygens (including phenoxy) is 1. The van der Waals surface area contributed by atoms with Gasteiger partial charge in [-0.2, -0.15) is 13.9 Å². The smallest absolute Gasteiger partial charge is 0.387 e. The summed E-state index contributed by atoms with van der Waals surface area (Å²) in [5.41, 5.74) is 1.28. The minimum atomic E-state index is -2.92. The van der Waals surface area contributed by atoms with Crippen molar-refractivity contribution in [3.8, 4) is 11.6 Å². The average Bonchev–Trinajstić information content (AvgIpc) is 3.20. The van der Waals surface area contributed by atoms with Crippen LogP contribution in [-0.2, 0) is 0 Å².